The third-order valence-electron chi connectivity index (χ3n) is 3.20. The van der Waals surface area contributed by atoms with Crippen molar-refractivity contribution in [2.45, 2.75) is 32.4 Å². The molecule has 1 saturated heterocycles. The molecule has 1 aliphatic rings. The Morgan fingerprint density at radius 1 is 1.52 bits per heavy atom. The highest BCUT2D eigenvalue weighted by molar-refractivity contribution is 5.78. The predicted octanol–water partition coefficient (Wildman–Crippen LogP) is 0.903. The highest BCUT2D eigenvalue weighted by Gasteiger charge is 2.21. The predicted molar refractivity (Wildman–Crippen MR) is 74.9 cm³/mol. The lowest BCUT2D eigenvalue weighted by Gasteiger charge is -2.12. The van der Waals surface area contributed by atoms with Crippen LogP contribution in [0.25, 0.3) is 0 Å². The van der Waals surface area contributed by atoms with Gasteiger partial charge in [0, 0.05) is 17.7 Å². The number of aryl methyl sites for hydroxylation is 1. The van der Waals surface area contributed by atoms with E-state index in [-0.39, 0.29) is 25.1 Å². The van der Waals surface area contributed by atoms with Crippen molar-refractivity contribution in [3.63, 3.8) is 0 Å². The maximum atomic E-state index is 11.6. The van der Waals surface area contributed by atoms with Crippen molar-refractivity contribution in [2.75, 3.05) is 13.7 Å². The van der Waals surface area contributed by atoms with E-state index in [1.807, 2.05) is 19.1 Å². The number of nitrogens with one attached hydrogen (secondary N) is 2. The number of carbonyl (C=O) groups is 2. The van der Waals surface area contributed by atoms with Crippen LogP contribution in [-0.4, -0.2) is 36.7 Å². The minimum atomic E-state index is -0.529. The zero-order valence-corrected chi connectivity index (χ0v) is 12.1. The normalized spacial score (nSPS) is 17.2. The van der Waals surface area contributed by atoms with Crippen LogP contribution in [0.5, 0.6) is 5.88 Å². The summed E-state index contributed by atoms with van der Waals surface area (Å²) >= 11 is 0. The molecule has 0 radical (unpaired) electrons. The van der Waals surface area contributed by atoms with E-state index >= 15 is 0 Å². The van der Waals surface area contributed by atoms with Crippen LogP contribution in [0.4, 0.5) is 4.79 Å². The molecule has 0 bridgehead atoms. The summed E-state index contributed by atoms with van der Waals surface area (Å²) in [7, 11) is 1.53. The van der Waals surface area contributed by atoms with Gasteiger partial charge in [-0.2, -0.15) is 0 Å². The maximum absolute atomic E-state index is 11.6. The van der Waals surface area contributed by atoms with Gasteiger partial charge >= 0.3 is 6.09 Å². The van der Waals surface area contributed by atoms with Crippen LogP contribution < -0.4 is 15.4 Å². The fourth-order valence-corrected chi connectivity index (χ4v) is 2.07. The van der Waals surface area contributed by atoms with E-state index in [2.05, 4.69) is 15.6 Å². The fraction of sp³-hybridized carbons (Fsp3) is 0.500. The number of amides is 2. The molecule has 2 amide bonds. The van der Waals surface area contributed by atoms with Gasteiger partial charge in [-0.1, -0.05) is 6.07 Å². The Morgan fingerprint density at radius 2 is 2.33 bits per heavy atom. The van der Waals surface area contributed by atoms with Gasteiger partial charge in [-0.05, 0) is 19.4 Å². The van der Waals surface area contributed by atoms with E-state index < -0.39 is 6.09 Å². The minimum absolute atomic E-state index is 0.000487. The quantitative estimate of drug-likeness (QED) is 0.842. The summed E-state index contributed by atoms with van der Waals surface area (Å²) in [6, 6.07) is 3.61. The molecule has 0 aliphatic carbocycles. The van der Waals surface area contributed by atoms with Crippen LogP contribution >= 0.6 is 0 Å². The molecule has 2 rings (SSSR count). The molecule has 0 unspecified atom stereocenters. The van der Waals surface area contributed by atoms with Crippen molar-refractivity contribution in [1.82, 2.24) is 15.6 Å². The second kappa shape index (κ2) is 6.92. The monoisotopic (exact) mass is 293 g/mol. The third-order valence-corrected chi connectivity index (χ3v) is 3.20. The molecule has 0 aromatic carbocycles. The third kappa shape index (κ3) is 4.34. The van der Waals surface area contributed by atoms with E-state index in [1.165, 1.54) is 7.11 Å². The van der Waals surface area contributed by atoms with Gasteiger partial charge in [0.15, 0.2) is 0 Å². The first-order valence-corrected chi connectivity index (χ1v) is 6.79. The SMILES string of the molecule is COc1nc(C)ccc1CNC(=O)OC[C@H]1CCC(=O)N1. The molecule has 2 heterocycles. The van der Waals surface area contributed by atoms with Crippen molar-refractivity contribution in [3.05, 3.63) is 23.4 Å². The lowest BCUT2D eigenvalue weighted by Crippen LogP contribution is -2.33. The Bertz CT molecular complexity index is 533. The van der Waals surface area contributed by atoms with E-state index in [0.29, 0.717) is 18.7 Å². The van der Waals surface area contributed by atoms with Crippen molar-refractivity contribution in [3.8, 4) is 5.88 Å². The molecule has 2 N–H and O–H groups in total. The van der Waals surface area contributed by atoms with Crippen molar-refractivity contribution < 1.29 is 19.1 Å². The number of methoxy groups -OCH3 is 1. The molecule has 0 saturated carbocycles. The van der Waals surface area contributed by atoms with Gasteiger partial charge in [0.05, 0.1) is 19.7 Å². The maximum Gasteiger partial charge on any atom is 0.407 e. The van der Waals surface area contributed by atoms with E-state index in [4.69, 9.17) is 9.47 Å². The lowest BCUT2D eigenvalue weighted by atomic mass is 10.2. The molecule has 1 aliphatic heterocycles. The summed E-state index contributed by atoms with van der Waals surface area (Å²) in [6.45, 7) is 2.32. The van der Waals surface area contributed by atoms with Gasteiger partial charge in [0.2, 0.25) is 11.8 Å². The smallest absolute Gasteiger partial charge is 0.407 e. The van der Waals surface area contributed by atoms with Crippen LogP contribution in [0.1, 0.15) is 24.1 Å². The largest absolute Gasteiger partial charge is 0.481 e. The van der Waals surface area contributed by atoms with E-state index in [9.17, 15) is 9.59 Å². The van der Waals surface area contributed by atoms with Crippen molar-refractivity contribution in [1.29, 1.82) is 0 Å². The standard InChI is InChI=1S/C14H19N3O4/c1-9-3-4-10(13(16-9)20-2)7-15-14(19)21-8-11-5-6-12(18)17-11/h3-4,11H,5-8H2,1-2H3,(H,15,19)(H,17,18)/t11-/m1/s1. The number of hydrogen-bond donors (Lipinski definition) is 2. The average molecular weight is 293 g/mol. The lowest BCUT2D eigenvalue weighted by molar-refractivity contribution is -0.119. The minimum Gasteiger partial charge on any atom is -0.481 e. The number of carbonyl (C=O) groups excluding carboxylic acids is 2. The van der Waals surface area contributed by atoms with Crippen LogP contribution in [0.2, 0.25) is 0 Å². The molecule has 1 aromatic heterocycles. The highest BCUT2D eigenvalue weighted by atomic mass is 16.5. The van der Waals surface area contributed by atoms with Gasteiger partial charge in [-0.25, -0.2) is 9.78 Å². The summed E-state index contributed by atoms with van der Waals surface area (Å²) in [5.74, 6) is 0.484. The zero-order valence-electron chi connectivity index (χ0n) is 12.1. The number of rotatable bonds is 5. The molecule has 114 valence electrons. The van der Waals surface area contributed by atoms with Crippen molar-refractivity contribution in [2.24, 2.45) is 0 Å². The molecular formula is C14H19N3O4. The second-order valence-electron chi connectivity index (χ2n) is 4.88. The molecule has 1 atom stereocenters. The van der Waals surface area contributed by atoms with Gasteiger partial charge in [-0.15, -0.1) is 0 Å². The van der Waals surface area contributed by atoms with Gasteiger partial charge in [0.1, 0.15) is 6.61 Å². The van der Waals surface area contributed by atoms with Crippen LogP contribution in [0, 0.1) is 6.92 Å². The topological polar surface area (TPSA) is 89.6 Å². The Balaban J connectivity index is 1.77. The Labute approximate surface area is 123 Å². The molecule has 1 fully saturated rings. The molecule has 21 heavy (non-hydrogen) atoms. The fourth-order valence-electron chi connectivity index (χ4n) is 2.07. The highest BCUT2D eigenvalue weighted by Crippen LogP contribution is 2.15. The first kappa shape index (κ1) is 15.1. The molecule has 7 heteroatoms. The van der Waals surface area contributed by atoms with Gasteiger partial charge < -0.3 is 20.1 Å². The Hall–Kier alpha value is -2.31. The Morgan fingerprint density at radius 3 is 3.00 bits per heavy atom. The number of aromatic nitrogens is 1. The van der Waals surface area contributed by atoms with E-state index in [0.717, 1.165) is 11.3 Å². The summed E-state index contributed by atoms with van der Waals surface area (Å²) < 4.78 is 10.2. The van der Waals surface area contributed by atoms with Crippen LogP contribution in [-0.2, 0) is 16.1 Å². The van der Waals surface area contributed by atoms with Gasteiger partial charge in [-0.3, -0.25) is 4.79 Å². The zero-order chi connectivity index (χ0) is 15.2. The summed E-state index contributed by atoms with van der Waals surface area (Å²) in [4.78, 5) is 26.9. The first-order valence-electron chi connectivity index (χ1n) is 6.79. The number of ether oxygens (including phenoxy) is 2. The number of alkyl carbamates (subject to hydrolysis) is 1. The average Bonchev–Trinajstić information content (AvgIpc) is 2.89. The molecule has 1 aromatic rings. The molecular weight excluding hydrogens is 274 g/mol. The van der Waals surface area contributed by atoms with E-state index in [1.54, 1.807) is 0 Å². The van der Waals surface area contributed by atoms with Crippen molar-refractivity contribution >= 4 is 12.0 Å². The number of pyridine rings is 1. The number of nitrogens with zero attached hydrogens (tertiary/aromatic N) is 1. The van der Waals surface area contributed by atoms with Crippen LogP contribution in [0.3, 0.4) is 0 Å². The molecule has 7 nitrogen and oxygen atoms in total. The molecule has 0 spiro atoms. The van der Waals surface area contributed by atoms with Crippen LogP contribution in [0.15, 0.2) is 12.1 Å². The Kier molecular flexibility index (Phi) is 4.97. The summed E-state index contributed by atoms with van der Waals surface area (Å²) in [6.07, 6.45) is 0.655. The summed E-state index contributed by atoms with van der Waals surface area (Å²) in [5.41, 5.74) is 1.62. The second-order valence-corrected chi connectivity index (χ2v) is 4.88. The van der Waals surface area contributed by atoms with Gasteiger partial charge in [0.25, 0.3) is 0 Å². The summed E-state index contributed by atoms with van der Waals surface area (Å²) in [5, 5.41) is 5.37. The first-order chi connectivity index (χ1) is 10.1. The number of hydrogen-bond acceptors (Lipinski definition) is 5.